The number of hydrogen-bond acceptors (Lipinski definition) is 4. The Kier molecular flexibility index (Phi) is 9.16. The molecule has 1 atom stereocenters. The summed E-state index contributed by atoms with van der Waals surface area (Å²) >= 11 is 0. The van der Waals surface area contributed by atoms with Crippen molar-refractivity contribution < 1.29 is 13.3 Å². The van der Waals surface area contributed by atoms with Crippen molar-refractivity contribution in [2.24, 2.45) is 0 Å². The van der Waals surface area contributed by atoms with Crippen LogP contribution in [0.2, 0.25) is 6.04 Å². The van der Waals surface area contributed by atoms with Crippen molar-refractivity contribution in [3.8, 4) is 0 Å². The molecule has 16 heavy (non-hydrogen) atoms. The maximum atomic E-state index is 5.78. The van der Waals surface area contributed by atoms with Crippen LogP contribution in [0.15, 0.2) is 0 Å². The molecular weight excluding hydrogens is 222 g/mol. The quantitative estimate of drug-likeness (QED) is 0.601. The molecule has 0 aromatic carbocycles. The summed E-state index contributed by atoms with van der Waals surface area (Å²) in [7, 11) is 2.96. The predicted molar refractivity (Wildman–Crippen MR) is 68.6 cm³/mol. The molecule has 0 amide bonds. The van der Waals surface area contributed by atoms with E-state index in [9.17, 15) is 0 Å². The monoisotopic (exact) mass is 249 g/mol. The van der Waals surface area contributed by atoms with E-state index in [0.29, 0.717) is 12.6 Å². The summed E-state index contributed by atoms with van der Waals surface area (Å²) in [5, 5.41) is 3.28. The third kappa shape index (κ3) is 5.40. The first kappa shape index (κ1) is 16.1. The molecule has 0 fully saturated rings. The van der Waals surface area contributed by atoms with Crippen LogP contribution in [0, 0.1) is 0 Å². The van der Waals surface area contributed by atoms with Gasteiger partial charge in [-0.05, 0) is 26.3 Å². The Morgan fingerprint density at radius 3 is 2.19 bits per heavy atom. The van der Waals surface area contributed by atoms with Gasteiger partial charge in [0.25, 0.3) is 0 Å². The minimum atomic E-state index is -2.40. The summed E-state index contributed by atoms with van der Waals surface area (Å²) in [6.07, 6.45) is 3.14. The highest BCUT2D eigenvalue weighted by Crippen LogP contribution is 2.18. The van der Waals surface area contributed by atoms with Crippen LogP contribution in [-0.4, -0.2) is 42.7 Å². The third-order valence-corrected chi connectivity index (χ3v) is 5.64. The van der Waals surface area contributed by atoms with E-state index in [2.05, 4.69) is 19.2 Å². The van der Waals surface area contributed by atoms with Gasteiger partial charge in [-0.1, -0.05) is 13.8 Å². The molecule has 0 aliphatic rings. The maximum absolute atomic E-state index is 5.78. The Hall–Kier alpha value is 0.0569. The molecule has 0 saturated carbocycles. The molecule has 0 rings (SSSR count). The predicted octanol–water partition coefficient (Wildman–Crippen LogP) is 2.03. The summed E-state index contributed by atoms with van der Waals surface area (Å²) < 4.78 is 16.8. The lowest BCUT2D eigenvalue weighted by atomic mass is 10.2. The largest absolute Gasteiger partial charge is 0.500 e. The lowest BCUT2D eigenvalue weighted by Gasteiger charge is -2.27. The molecule has 1 N–H and O–H groups in total. The molecule has 0 aliphatic carbocycles. The molecule has 0 heterocycles. The Morgan fingerprint density at radius 2 is 1.81 bits per heavy atom. The van der Waals surface area contributed by atoms with Gasteiger partial charge in [-0.2, -0.15) is 0 Å². The van der Waals surface area contributed by atoms with Crippen molar-refractivity contribution in [1.29, 1.82) is 0 Å². The Labute approximate surface area is 101 Å². The van der Waals surface area contributed by atoms with Crippen molar-refractivity contribution in [3.05, 3.63) is 0 Å². The Morgan fingerprint density at radius 1 is 1.19 bits per heavy atom. The van der Waals surface area contributed by atoms with Crippen LogP contribution in [0.25, 0.3) is 0 Å². The van der Waals surface area contributed by atoms with E-state index in [1.165, 1.54) is 0 Å². The van der Waals surface area contributed by atoms with Gasteiger partial charge in [0.2, 0.25) is 0 Å². The third-order valence-electron chi connectivity index (χ3n) is 2.85. The van der Waals surface area contributed by atoms with Gasteiger partial charge < -0.3 is 18.6 Å². The minimum absolute atomic E-state index is 0.516. The second kappa shape index (κ2) is 9.12. The molecule has 0 saturated heterocycles. The molecule has 0 aromatic heterocycles. The van der Waals surface area contributed by atoms with Crippen LogP contribution in [-0.2, 0) is 13.3 Å². The molecule has 4 nitrogen and oxygen atoms in total. The molecule has 0 aliphatic heterocycles. The van der Waals surface area contributed by atoms with Gasteiger partial charge in [0.15, 0.2) is 0 Å². The van der Waals surface area contributed by atoms with E-state index >= 15 is 0 Å². The number of hydrogen-bond donors (Lipinski definition) is 1. The SMILES string of the molecule is CCCO[Si](CCC(CC)NC)(OC)OC. The first-order valence-corrected chi connectivity index (χ1v) is 8.02. The summed E-state index contributed by atoms with van der Waals surface area (Å²) in [4.78, 5) is 0. The van der Waals surface area contributed by atoms with Crippen LogP contribution in [0.5, 0.6) is 0 Å². The van der Waals surface area contributed by atoms with Crippen LogP contribution < -0.4 is 5.32 Å². The van der Waals surface area contributed by atoms with Crippen molar-refractivity contribution in [2.45, 2.75) is 45.2 Å². The highest BCUT2D eigenvalue weighted by atomic mass is 28.4. The van der Waals surface area contributed by atoms with E-state index in [-0.39, 0.29) is 0 Å². The van der Waals surface area contributed by atoms with Gasteiger partial charge in [-0.15, -0.1) is 0 Å². The second-order valence-corrected chi connectivity index (χ2v) is 6.84. The Bertz CT molecular complexity index is 161. The highest BCUT2D eigenvalue weighted by molar-refractivity contribution is 6.60. The van der Waals surface area contributed by atoms with Crippen molar-refractivity contribution in [1.82, 2.24) is 5.32 Å². The first-order valence-electron chi connectivity index (χ1n) is 6.09. The van der Waals surface area contributed by atoms with Gasteiger partial charge >= 0.3 is 8.80 Å². The maximum Gasteiger partial charge on any atom is 0.500 e. The average Bonchev–Trinajstić information content (AvgIpc) is 2.35. The number of rotatable bonds is 10. The van der Waals surface area contributed by atoms with Crippen molar-refractivity contribution in [3.63, 3.8) is 0 Å². The van der Waals surface area contributed by atoms with Gasteiger partial charge in [0.1, 0.15) is 0 Å². The minimum Gasteiger partial charge on any atom is -0.377 e. The number of nitrogens with one attached hydrogen (secondary N) is 1. The van der Waals surface area contributed by atoms with Gasteiger partial charge in [-0.25, -0.2) is 0 Å². The van der Waals surface area contributed by atoms with E-state index in [1.54, 1.807) is 14.2 Å². The Balaban J connectivity index is 4.19. The van der Waals surface area contributed by atoms with Crippen molar-refractivity contribution >= 4 is 8.80 Å². The highest BCUT2D eigenvalue weighted by Gasteiger charge is 2.38. The van der Waals surface area contributed by atoms with E-state index < -0.39 is 8.80 Å². The summed E-state index contributed by atoms with van der Waals surface area (Å²) in [6.45, 7) is 4.98. The van der Waals surface area contributed by atoms with Crippen LogP contribution in [0.3, 0.4) is 0 Å². The molecular formula is C11H27NO3Si. The standard InChI is InChI=1S/C11H27NO3Si/c1-6-9-15-16(13-4,14-5)10-8-11(7-2)12-3/h11-12H,6-10H2,1-5H3. The van der Waals surface area contributed by atoms with Crippen LogP contribution >= 0.6 is 0 Å². The summed E-state index contributed by atoms with van der Waals surface area (Å²) in [6, 6.07) is 1.39. The fourth-order valence-electron chi connectivity index (χ4n) is 1.64. The van der Waals surface area contributed by atoms with Crippen LogP contribution in [0.4, 0.5) is 0 Å². The lowest BCUT2D eigenvalue weighted by molar-refractivity contribution is 0.0968. The zero-order valence-corrected chi connectivity index (χ0v) is 12.3. The van der Waals surface area contributed by atoms with Gasteiger partial charge in [-0.3, -0.25) is 0 Å². The molecule has 1 unspecified atom stereocenters. The van der Waals surface area contributed by atoms with E-state index in [0.717, 1.165) is 25.3 Å². The molecule has 0 aromatic rings. The van der Waals surface area contributed by atoms with Gasteiger partial charge in [0, 0.05) is 32.9 Å². The second-order valence-electron chi connectivity index (χ2n) is 3.87. The summed E-state index contributed by atoms with van der Waals surface area (Å²) in [5.74, 6) is 0. The topological polar surface area (TPSA) is 39.7 Å². The van der Waals surface area contributed by atoms with Gasteiger partial charge in [0.05, 0.1) is 0 Å². The lowest BCUT2D eigenvalue weighted by Crippen LogP contribution is -2.45. The first-order chi connectivity index (χ1) is 7.67. The molecule has 0 spiro atoms. The normalized spacial score (nSPS) is 14.1. The van der Waals surface area contributed by atoms with E-state index in [4.69, 9.17) is 13.3 Å². The molecule has 5 heteroatoms. The zero-order chi connectivity index (χ0) is 12.4. The smallest absolute Gasteiger partial charge is 0.377 e. The van der Waals surface area contributed by atoms with Crippen LogP contribution in [0.1, 0.15) is 33.1 Å². The molecule has 98 valence electrons. The average molecular weight is 249 g/mol. The molecule has 0 bridgehead atoms. The van der Waals surface area contributed by atoms with E-state index in [1.807, 2.05) is 7.05 Å². The fourth-order valence-corrected chi connectivity index (χ4v) is 3.81. The zero-order valence-electron chi connectivity index (χ0n) is 11.3. The fraction of sp³-hybridized carbons (Fsp3) is 1.00. The summed E-state index contributed by atoms with van der Waals surface area (Å²) in [5.41, 5.74) is 0. The molecule has 0 radical (unpaired) electrons. The van der Waals surface area contributed by atoms with Crippen molar-refractivity contribution in [2.75, 3.05) is 27.9 Å².